The molecule has 0 amide bonds. The van der Waals surface area contributed by atoms with Crippen molar-refractivity contribution in [2.45, 2.75) is 95.5 Å². The van der Waals surface area contributed by atoms with Gasteiger partial charge in [0.2, 0.25) is 0 Å². The number of carbonyl (C=O) groups is 6. The number of ketones is 2. The number of esters is 4. The highest BCUT2D eigenvalue weighted by atomic mass is 16.6. The molecule has 3 fully saturated rings. The van der Waals surface area contributed by atoms with Crippen molar-refractivity contribution in [1.82, 2.24) is 0 Å². The summed E-state index contributed by atoms with van der Waals surface area (Å²) in [5.41, 5.74) is -7.72. The van der Waals surface area contributed by atoms with Gasteiger partial charge in [0.25, 0.3) is 0 Å². The lowest BCUT2D eigenvalue weighted by Gasteiger charge is -2.41. The Labute approximate surface area is 299 Å². The molecule has 2 aliphatic carbocycles. The largest absolute Gasteiger partial charge is 0.459 e. The average molecular weight is 723 g/mol. The maximum absolute atomic E-state index is 14.8. The molecule has 2 saturated carbocycles. The molecular weight excluding hydrogens is 680 g/mol. The van der Waals surface area contributed by atoms with E-state index in [0.717, 1.165) is 20.8 Å². The Balaban J connectivity index is 1.80. The molecule has 11 atom stereocenters. The van der Waals surface area contributed by atoms with Gasteiger partial charge in [-0.05, 0) is 31.2 Å². The third kappa shape index (κ3) is 6.67. The summed E-state index contributed by atoms with van der Waals surface area (Å²) >= 11 is 0. The van der Waals surface area contributed by atoms with Crippen LogP contribution in [0.4, 0.5) is 0 Å². The first kappa shape index (κ1) is 38.5. The van der Waals surface area contributed by atoms with Crippen molar-refractivity contribution >= 4 is 35.4 Å². The Morgan fingerprint density at radius 3 is 1.71 bits per heavy atom. The van der Waals surface area contributed by atoms with Crippen molar-refractivity contribution in [2.24, 2.45) is 17.3 Å². The SMILES string of the molecule is C=C1[C@H](OC(=O)c2ccccc2)[C@@H]2[C@@H](OC(C)=O)[C@](C)(O)[C@H](OC(C)=O)[C@]2(O)C(=O)[C@H](C)[C@H]2O[C@@H]2C(C)(C)C(=O)[C@H](O)[C@H]1OC(=O)c1ccccc1. The van der Waals surface area contributed by atoms with Gasteiger partial charge in [-0.15, -0.1) is 0 Å². The number of epoxide rings is 1. The molecule has 278 valence electrons. The summed E-state index contributed by atoms with van der Waals surface area (Å²) in [6, 6.07) is 15.0. The second-order valence-corrected chi connectivity index (χ2v) is 14.3. The number of aliphatic hydroxyl groups is 3. The summed E-state index contributed by atoms with van der Waals surface area (Å²) < 4.78 is 28.6. The van der Waals surface area contributed by atoms with E-state index in [1.165, 1.54) is 57.2 Å². The number of hydrogen-bond donors (Lipinski definition) is 3. The number of ether oxygens (including phenoxy) is 5. The molecule has 0 spiro atoms. The van der Waals surface area contributed by atoms with Crippen molar-refractivity contribution in [2.75, 3.05) is 0 Å². The summed E-state index contributed by atoms with van der Waals surface area (Å²) in [5, 5.41) is 36.7. The number of aliphatic hydroxyl groups excluding tert-OH is 1. The minimum Gasteiger partial charge on any atom is -0.459 e. The van der Waals surface area contributed by atoms with Crippen LogP contribution in [-0.2, 0) is 42.9 Å². The lowest BCUT2D eigenvalue weighted by Crippen LogP contribution is -2.62. The Hall–Kier alpha value is -4.76. The molecule has 0 radical (unpaired) electrons. The van der Waals surface area contributed by atoms with E-state index in [-0.39, 0.29) is 11.1 Å². The standard InChI is InChI=1S/C38H42O14/c1-18-26(51-33(44)22-14-10-8-11-15-22)24-31(48-20(3)39)37(7,46)35(49-21(4)40)38(24,47)29(42)19(2)28-32(50-28)36(5,6)30(43)25(41)27(18)52-34(45)23-16-12-9-13-17-23/h8-17,19,24-28,31-32,35,41,46-47H,1H2,2-7H3/t19-,24-,25-,26+,27+,28-,31-,32+,35+,37+,38-/m1/s1. The lowest BCUT2D eigenvalue weighted by molar-refractivity contribution is -0.193. The highest BCUT2D eigenvalue weighted by Gasteiger charge is 2.76. The van der Waals surface area contributed by atoms with E-state index in [4.69, 9.17) is 23.7 Å². The quantitative estimate of drug-likeness (QED) is 0.168. The smallest absolute Gasteiger partial charge is 0.338 e. The first-order chi connectivity index (χ1) is 24.3. The monoisotopic (exact) mass is 722 g/mol. The molecule has 0 bridgehead atoms. The summed E-state index contributed by atoms with van der Waals surface area (Å²) in [6.07, 6.45) is -12.5. The van der Waals surface area contributed by atoms with Crippen LogP contribution in [0.5, 0.6) is 0 Å². The predicted octanol–water partition coefficient (Wildman–Crippen LogP) is 1.91. The summed E-state index contributed by atoms with van der Waals surface area (Å²) in [7, 11) is 0. The van der Waals surface area contributed by atoms with Crippen LogP contribution in [0.15, 0.2) is 72.8 Å². The fourth-order valence-corrected chi connectivity index (χ4v) is 7.45. The number of carbonyl (C=O) groups excluding carboxylic acids is 6. The van der Waals surface area contributed by atoms with Gasteiger partial charge in [-0.25, -0.2) is 9.59 Å². The van der Waals surface area contributed by atoms with Crippen LogP contribution in [-0.4, -0.2) is 105 Å². The zero-order valence-corrected chi connectivity index (χ0v) is 29.5. The van der Waals surface area contributed by atoms with Gasteiger partial charge in [0.1, 0.15) is 17.8 Å². The molecule has 14 nitrogen and oxygen atoms in total. The molecule has 1 heterocycles. The first-order valence-corrected chi connectivity index (χ1v) is 16.7. The molecule has 3 N–H and O–H groups in total. The highest BCUT2D eigenvalue weighted by molar-refractivity contribution is 5.95. The topological polar surface area (TPSA) is 213 Å². The Kier molecular flexibility index (Phi) is 10.4. The third-order valence-corrected chi connectivity index (χ3v) is 10.2. The van der Waals surface area contributed by atoms with Gasteiger partial charge in [0.15, 0.2) is 35.5 Å². The average Bonchev–Trinajstić information content (AvgIpc) is 3.90. The van der Waals surface area contributed by atoms with E-state index in [0.29, 0.717) is 0 Å². The zero-order chi connectivity index (χ0) is 38.5. The minimum atomic E-state index is -3.04. The number of benzene rings is 2. The fraction of sp³-hybridized carbons (Fsp3) is 0.474. The zero-order valence-electron chi connectivity index (χ0n) is 29.5. The van der Waals surface area contributed by atoms with E-state index in [1.807, 2.05) is 0 Å². The van der Waals surface area contributed by atoms with E-state index >= 15 is 0 Å². The summed E-state index contributed by atoms with van der Waals surface area (Å²) in [5.74, 6) is -9.49. The second kappa shape index (κ2) is 14.0. The normalized spacial score (nSPS) is 35.5. The number of fused-ring (bicyclic) bond motifs is 2. The summed E-state index contributed by atoms with van der Waals surface area (Å²) in [6.45, 7) is 11.3. The van der Waals surface area contributed by atoms with Crippen molar-refractivity contribution in [3.63, 3.8) is 0 Å². The molecule has 14 heteroatoms. The van der Waals surface area contributed by atoms with Crippen LogP contribution >= 0.6 is 0 Å². The van der Waals surface area contributed by atoms with E-state index in [2.05, 4.69) is 6.58 Å². The molecule has 52 heavy (non-hydrogen) atoms. The van der Waals surface area contributed by atoms with Crippen LogP contribution < -0.4 is 0 Å². The Morgan fingerprint density at radius 1 is 0.750 bits per heavy atom. The van der Waals surface area contributed by atoms with Crippen molar-refractivity contribution < 1.29 is 67.8 Å². The molecule has 2 aromatic carbocycles. The van der Waals surface area contributed by atoms with Crippen LogP contribution in [0.25, 0.3) is 0 Å². The van der Waals surface area contributed by atoms with E-state index in [1.54, 1.807) is 24.3 Å². The molecule has 1 aliphatic heterocycles. The minimum absolute atomic E-state index is 0.000709. The van der Waals surface area contributed by atoms with Crippen molar-refractivity contribution in [3.05, 3.63) is 83.9 Å². The van der Waals surface area contributed by atoms with Crippen LogP contribution in [0.3, 0.4) is 0 Å². The van der Waals surface area contributed by atoms with Gasteiger partial charge in [0, 0.05) is 25.3 Å². The van der Waals surface area contributed by atoms with Crippen LogP contribution in [0, 0.1) is 17.3 Å². The Morgan fingerprint density at radius 2 is 1.23 bits per heavy atom. The van der Waals surface area contributed by atoms with E-state index < -0.39 is 112 Å². The molecule has 1 saturated heterocycles. The van der Waals surface area contributed by atoms with Gasteiger partial charge in [-0.1, -0.05) is 63.7 Å². The van der Waals surface area contributed by atoms with Gasteiger partial charge >= 0.3 is 23.9 Å². The fourth-order valence-electron chi connectivity index (χ4n) is 7.45. The predicted molar refractivity (Wildman–Crippen MR) is 178 cm³/mol. The van der Waals surface area contributed by atoms with Gasteiger partial charge in [0.05, 0.1) is 34.7 Å². The van der Waals surface area contributed by atoms with Gasteiger partial charge in [-0.3, -0.25) is 19.2 Å². The molecular formula is C38H42O14. The summed E-state index contributed by atoms with van der Waals surface area (Å²) in [4.78, 5) is 81.5. The molecule has 5 rings (SSSR count). The van der Waals surface area contributed by atoms with E-state index in [9.17, 15) is 44.1 Å². The van der Waals surface area contributed by atoms with Gasteiger partial charge in [-0.2, -0.15) is 0 Å². The highest BCUT2D eigenvalue weighted by Crippen LogP contribution is 2.54. The Bertz CT molecular complexity index is 1770. The van der Waals surface area contributed by atoms with Crippen LogP contribution in [0.1, 0.15) is 62.3 Å². The molecule has 0 aromatic heterocycles. The molecule has 2 aromatic rings. The maximum atomic E-state index is 14.8. The second-order valence-electron chi connectivity index (χ2n) is 14.3. The number of rotatable bonds is 6. The lowest BCUT2D eigenvalue weighted by atomic mass is 9.70. The number of hydrogen-bond acceptors (Lipinski definition) is 14. The maximum Gasteiger partial charge on any atom is 0.338 e. The molecule has 3 aliphatic rings. The van der Waals surface area contributed by atoms with Crippen molar-refractivity contribution in [3.8, 4) is 0 Å². The van der Waals surface area contributed by atoms with Crippen molar-refractivity contribution in [1.29, 1.82) is 0 Å². The first-order valence-electron chi connectivity index (χ1n) is 16.7. The number of Topliss-reactive ketones (excluding diaryl/α,β-unsaturated/α-hetero) is 2. The molecule has 0 unspecified atom stereocenters. The van der Waals surface area contributed by atoms with Gasteiger partial charge < -0.3 is 39.0 Å². The third-order valence-electron chi connectivity index (χ3n) is 10.2. The van der Waals surface area contributed by atoms with Crippen LogP contribution in [0.2, 0.25) is 0 Å².